The molecule has 0 bridgehead atoms. The van der Waals surface area contributed by atoms with Gasteiger partial charge < -0.3 is 17.6 Å². The molecular weight excluding hydrogens is 502 g/mol. The Morgan fingerprint density at radius 3 is 2.70 bits per heavy atom. The van der Waals surface area contributed by atoms with Gasteiger partial charge in [-0.1, -0.05) is 5.69 Å². The van der Waals surface area contributed by atoms with E-state index in [4.69, 9.17) is 0 Å². The van der Waals surface area contributed by atoms with Crippen molar-refractivity contribution in [1.82, 2.24) is 19.7 Å². The number of nitrogens with zero attached hydrogens (tertiary/aromatic N) is 5. The number of aromatic nitrogens is 4. The van der Waals surface area contributed by atoms with E-state index in [0.29, 0.717) is 41.6 Å². The second-order valence-corrected chi connectivity index (χ2v) is 7.68. The number of hydrogen-bond acceptors (Lipinski definition) is 5. The third-order valence-corrected chi connectivity index (χ3v) is 5.24. The van der Waals surface area contributed by atoms with Crippen LogP contribution in [0.4, 0.5) is 20.3 Å². The molecule has 0 saturated carbocycles. The van der Waals surface area contributed by atoms with Crippen molar-refractivity contribution < 1.29 is 13.6 Å². The summed E-state index contributed by atoms with van der Waals surface area (Å²) in [4.78, 5) is 24.1. The Morgan fingerprint density at radius 2 is 2.03 bits per heavy atom. The molecule has 4 rings (SSSR count). The van der Waals surface area contributed by atoms with Gasteiger partial charge >= 0.3 is 45.5 Å². The van der Waals surface area contributed by atoms with Crippen molar-refractivity contribution in [2.75, 3.05) is 23.3 Å². The van der Waals surface area contributed by atoms with Gasteiger partial charge in [-0.25, -0.2) is 18.7 Å². The molecule has 3 aromatic rings. The number of carbonyl (C=O) groups is 1. The van der Waals surface area contributed by atoms with Crippen molar-refractivity contribution in [3.8, 4) is 11.4 Å². The van der Waals surface area contributed by atoms with Gasteiger partial charge in [-0.3, -0.25) is 9.48 Å². The topological polar surface area (TPSA) is 75.9 Å². The smallest absolute Gasteiger partial charge is 0.375 e. The Bertz CT molecular complexity index is 1090. The van der Waals surface area contributed by atoms with Gasteiger partial charge in [-0.15, -0.1) is 6.07 Å². The van der Waals surface area contributed by atoms with Crippen molar-refractivity contribution in [3.05, 3.63) is 61.4 Å². The molecule has 170 valence electrons. The normalized spacial score (nSPS) is 15.1. The fourth-order valence-electron chi connectivity index (χ4n) is 3.66. The van der Waals surface area contributed by atoms with Gasteiger partial charge in [0.05, 0.1) is 17.5 Å². The van der Waals surface area contributed by atoms with E-state index in [1.165, 1.54) is 0 Å². The second kappa shape index (κ2) is 11.5. The van der Waals surface area contributed by atoms with Crippen LogP contribution in [0.3, 0.4) is 0 Å². The molecule has 0 aliphatic carbocycles. The number of aryl methyl sites for hydroxylation is 2. The molecule has 1 aromatic carbocycles. The van der Waals surface area contributed by atoms with Crippen LogP contribution < -0.4 is 10.2 Å². The van der Waals surface area contributed by atoms with Gasteiger partial charge in [0.2, 0.25) is 11.8 Å². The number of amides is 1. The summed E-state index contributed by atoms with van der Waals surface area (Å²) in [6, 6.07) is 9.82. The molecular formula is C23H26F2N6OSr. The second-order valence-electron chi connectivity index (χ2n) is 7.68. The summed E-state index contributed by atoms with van der Waals surface area (Å²) in [5.74, 6) is -2.34. The zero-order valence-corrected chi connectivity index (χ0v) is 22.6. The van der Waals surface area contributed by atoms with Crippen LogP contribution in [0.5, 0.6) is 0 Å². The van der Waals surface area contributed by atoms with E-state index in [-0.39, 0.29) is 83.8 Å². The number of halogens is 2. The maximum atomic E-state index is 14.0. The predicted octanol–water partition coefficient (Wildman–Crippen LogP) is 3.93. The van der Waals surface area contributed by atoms with Gasteiger partial charge in [0.15, 0.2) is 5.82 Å². The Kier molecular flexibility index (Phi) is 9.54. The Morgan fingerprint density at radius 1 is 1.24 bits per heavy atom. The van der Waals surface area contributed by atoms with E-state index in [1.807, 2.05) is 0 Å². The van der Waals surface area contributed by atoms with Crippen molar-refractivity contribution >= 4 is 62.9 Å². The van der Waals surface area contributed by atoms with Crippen LogP contribution in [0, 0.1) is 20.4 Å². The molecule has 33 heavy (non-hydrogen) atoms. The van der Waals surface area contributed by atoms with Gasteiger partial charge in [0.1, 0.15) is 11.4 Å². The van der Waals surface area contributed by atoms with Crippen molar-refractivity contribution in [3.63, 3.8) is 0 Å². The third-order valence-electron chi connectivity index (χ3n) is 5.24. The molecule has 1 aliphatic heterocycles. The average Bonchev–Trinajstić information content (AvgIpc) is 3.08. The van der Waals surface area contributed by atoms with E-state index in [9.17, 15) is 13.6 Å². The Labute approximate surface area is 229 Å². The molecule has 0 spiro atoms. The first-order chi connectivity index (χ1) is 14.8. The van der Waals surface area contributed by atoms with Crippen LogP contribution >= 0.6 is 0 Å². The first-order valence-corrected chi connectivity index (χ1v) is 10.1. The van der Waals surface area contributed by atoms with Crippen LogP contribution in [0.25, 0.3) is 11.4 Å². The molecule has 7 nitrogen and oxygen atoms in total. The average molecular weight is 528 g/mol. The summed E-state index contributed by atoms with van der Waals surface area (Å²) in [5.41, 5.74) is 2.02. The number of benzene rings is 1. The standard InChI is InChI=1S/C22H23F2N6O.CH3.Sr/c1-15-18(21(31)27-17-7-4-3-5-8-17)20(30-11-6-9-22(23,24)10-12-30)28-19(26-15)16-13-25-29(2)14-16;;/h3-4,7-8,13-14H,6,9-12H2,1-2H3,(H,27,31);1H3;/q2*-1;+2. The van der Waals surface area contributed by atoms with Crippen molar-refractivity contribution in [2.24, 2.45) is 7.05 Å². The zero-order chi connectivity index (χ0) is 22.0. The minimum absolute atomic E-state index is 0. The SMILES string of the molecule is Cc1nc(-c2cnn(C)c2)nc(N2CCCC(F)(F)CC2)c1C(=O)Nc1c[c-]ccc1.[CH3-].[Sr+2]. The monoisotopic (exact) mass is 528 g/mol. The van der Waals surface area contributed by atoms with Crippen LogP contribution in [0.1, 0.15) is 35.3 Å². The third kappa shape index (κ3) is 6.59. The van der Waals surface area contributed by atoms with E-state index in [2.05, 4.69) is 26.4 Å². The van der Waals surface area contributed by atoms with Gasteiger partial charge in [-0.2, -0.15) is 29.4 Å². The predicted molar refractivity (Wildman–Crippen MR) is 125 cm³/mol. The minimum Gasteiger partial charge on any atom is -0.375 e. The minimum atomic E-state index is -2.72. The van der Waals surface area contributed by atoms with E-state index < -0.39 is 5.92 Å². The quantitative estimate of drug-likeness (QED) is 0.411. The number of alkyl halides is 2. The molecule has 0 atom stereocenters. The molecule has 0 unspecified atom stereocenters. The van der Waals surface area contributed by atoms with Crippen LogP contribution in [0.2, 0.25) is 0 Å². The molecule has 10 heteroatoms. The van der Waals surface area contributed by atoms with Gasteiger partial charge in [0.25, 0.3) is 0 Å². The summed E-state index contributed by atoms with van der Waals surface area (Å²) in [6.07, 6.45) is 3.26. The molecule has 1 N–H and O–H groups in total. The first kappa shape index (κ1) is 27.4. The number of rotatable bonds is 4. The number of carbonyl (C=O) groups excluding carboxylic acids is 1. The Hall–Kier alpha value is -1.88. The van der Waals surface area contributed by atoms with Gasteiger partial charge in [-0.05, 0) is 13.3 Å². The largest absolute Gasteiger partial charge is 2.00 e. The molecule has 1 amide bonds. The first-order valence-electron chi connectivity index (χ1n) is 10.1. The number of hydrogen-bond donors (Lipinski definition) is 1. The van der Waals surface area contributed by atoms with E-state index in [0.717, 1.165) is 0 Å². The molecule has 1 fully saturated rings. The summed E-state index contributed by atoms with van der Waals surface area (Å²) in [7, 11) is 1.78. The van der Waals surface area contributed by atoms with E-state index in [1.54, 1.807) is 60.2 Å². The fraction of sp³-hybridized carbons (Fsp3) is 0.348. The molecule has 3 heterocycles. The van der Waals surface area contributed by atoms with Crippen molar-refractivity contribution in [2.45, 2.75) is 32.1 Å². The van der Waals surface area contributed by atoms with Crippen LogP contribution in [0.15, 0.2) is 36.7 Å². The maximum absolute atomic E-state index is 14.0. The number of anilines is 2. The summed E-state index contributed by atoms with van der Waals surface area (Å²) >= 11 is 0. The summed E-state index contributed by atoms with van der Waals surface area (Å²) in [5, 5.41) is 6.99. The number of nitrogens with one attached hydrogen (secondary N) is 1. The summed E-state index contributed by atoms with van der Waals surface area (Å²) in [6.45, 7) is 2.22. The molecule has 1 saturated heterocycles. The van der Waals surface area contributed by atoms with Gasteiger partial charge in [0, 0.05) is 39.2 Å². The summed E-state index contributed by atoms with van der Waals surface area (Å²) < 4.78 is 29.6. The zero-order valence-electron chi connectivity index (χ0n) is 19.1. The molecule has 0 radical (unpaired) electrons. The fourth-order valence-corrected chi connectivity index (χ4v) is 3.66. The molecule has 1 aliphatic rings. The van der Waals surface area contributed by atoms with Crippen molar-refractivity contribution in [1.29, 1.82) is 0 Å². The maximum Gasteiger partial charge on any atom is 2.00 e. The van der Waals surface area contributed by atoms with Crippen LogP contribution in [-0.4, -0.2) is 90.1 Å². The van der Waals surface area contributed by atoms with Crippen LogP contribution in [-0.2, 0) is 7.05 Å². The molecule has 2 aromatic heterocycles. The Balaban J connectivity index is 0.00000193. The van der Waals surface area contributed by atoms with E-state index >= 15 is 0 Å².